The van der Waals surface area contributed by atoms with Gasteiger partial charge in [-0.1, -0.05) is 120 Å². The third kappa shape index (κ3) is 10.5. The molecule has 1 aliphatic heterocycles. The molecular weight excluding hydrogens is 629 g/mol. The van der Waals surface area contributed by atoms with Crippen molar-refractivity contribution in [3.8, 4) is 11.1 Å². The van der Waals surface area contributed by atoms with E-state index in [1.54, 1.807) is 0 Å². The van der Waals surface area contributed by atoms with Gasteiger partial charge in [-0.25, -0.2) is 0 Å². The number of unbranched alkanes of at least 4 members (excludes halogenated alkanes) is 4. The second-order valence-electron chi connectivity index (χ2n) is 13.3. The lowest BCUT2D eigenvalue weighted by Crippen LogP contribution is -2.58. The van der Waals surface area contributed by atoms with Gasteiger partial charge in [-0.05, 0) is 65.5 Å². The second-order valence-corrected chi connectivity index (χ2v) is 14.5. The largest absolute Gasteiger partial charge is 0.379 e. The molecule has 0 bridgehead atoms. The number of hydrogen-bond donors (Lipinski definition) is 0. The van der Waals surface area contributed by atoms with Crippen LogP contribution in [-0.2, 0) is 30.1 Å². The minimum Gasteiger partial charge on any atom is -0.379 e. The zero-order chi connectivity index (χ0) is 34.3. The molecule has 5 rings (SSSR count). The predicted molar refractivity (Wildman–Crippen MR) is 204 cm³/mol. The Kier molecular flexibility index (Phi) is 15.6. The smallest absolute Gasteiger partial charge is 0.117 e. The lowest BCUT2D eigenvalue weighted by Gasteiger charge is -2.46. The minimum absolute atomic E-state index is 0.265. The molecule has 49 heavy (non-hydrogen) atoms. The van der Waals surface area contributed by atoms with E-state index in [1.807, 2.05) is 11.3 Å². The fourth-order valence-electron chi connectivity index (χ4n) is 6.58. The molecule has 0 saturated carbocycles. The van der Waals surface area contributed by atoms with Crippen molar-refractivity contribution >= 4 is 21.4 Å². The molecular formula is C43H58O5S. The molecule has 6 heteroatoms. The Hall–Kier alpha value is -2.58. The van der Waals surface area contributed by atoms with Crippen LogP contribution < -0.4 is 0 Å². The average molecular weight is 687 g/mol. The first-order valence-electron chi connectivity index (χ1n) is 18.9. The van der Waals surface area contributed by atoms with Gasteiger partial charge in [0.1, 0.15) is 30.5 Å². The Labute approximate surface area is 299 Å². The van der Waals surface area contributed by atoms with E-state index in [4.69, 9.17) is 23.7 Å². The van der Waals surface area contributed by atoms with Crippen LogP contribution >= 0.6 is 11.3 Å². The van der Waals surface area contributed by atoms with E-state index in [1.165, 1.54) is 31.7 Å². The Balaban J connectivity index is 1.55. The minimum atomic E-state index is -0.319. The van der Waals surface area contributed by atoms with Crippen LogP contribution in [0, 0.1) is 0 Å². The van der Waals surface area contributed by atoms with Crippen molar-refractivity contribution in [1.82, 2.24) is 0 Å². The molecule has 266 valence electrons. The summed E-state index contributed by atoms with van der Waals surface area (Å²) in [6.07, 6.45) is 7.72. The molecule has 3 aromatic carbocycles. The number of ether oxygens (including phenoxy) is 5. The van der Waals surface area contributed by atoms with Crippen molar-refractivity contribution in [3.63, 3.8) is 0 Å². The van der Waals surface area contributed by atoms with Crippen LogP contribution in [0.2, 0.25) is 0 Å². The third-order valence-electron chi connectivity index (χ3n) is 9.37. The zero-order valence-electron chi connectivity index (χ0n) is 30.2. The topological polar surface area (TPSA) is 46.2 Å². The standard InChI is InChI=1S/C43H58O5S/c1-5-9-24-44-31-38-41(45-25-10-6-2)43(47-27-12-8-4)42(46-26-11-7-3)40(48-38)34-22-23-37(32-18-14-13-15-19-32)35(28-34)30-36-29-33-20-16-17-21-39(33)49-36/h13-23,28-29,38,40-43H,5-12,24-27,30-31H2,1-4H3/t38-,40+,41-,42+,43+/m1/s1. The van der Waals surface area contributed by atoms with E-state index in [0.29, 0.717) is 33.0 Å². The first-order chi connectivity index (χ1) is 24.2. The van der Waals surface area contributed by atoms with Gasteiger partial charge in [0.15, 0.2) is 0 Å². The first-order valence-corrected chi connectivity index (χ1v) is 19.7. The maximum atomic E-state index is 7.12. The van der Waals surface area contributed by atoms with Crippen LogP contribution in [0.25, 0.3) is 21.2 Å². The van der Waals surface area contributed by atoms with Crippen LogP contribution in [-0.4, -0.2) is 57.5 Å². The molecule has 5 nitrogen and oxygen atoms in total. The van der Waals surface area contributed by atoms with Gasteiger partial charge in [0.2, 0.25) is 0 Å². The summed E-state index contributed by atoms with van der Waals surface area (Å²) in [7, 11) is 0. The SMILES string of the molecule is CCCCOC[C@H]1O[C@@H](c2ccc(-c3ccccc3)c(Cc3cc4ccccc4s3)c2)[C@H](OCCCC)[C@@H](OCCCC)[C@@H]1OCCCC. The average Bonchev–Trinajstić information content (AvgIpc) is 3.54. The van der Waals surface area contributed by atoms with Gasteiger partial charge in [0.25, 0.3) is 0 Å². The molecule has 1 aliphatic rings. The van der Waals surface area contributed by atoms with Gasteiger partial charge in [-0.3, -0.25) is 0 Å². The van der Waals surface area contributed by atoms with Gasteiger partial charge in [-0.15, -0.1) is 11.3 Å². The molecule has 0 aliphatic carbocycles. The monoisotopic (exact) mass is 686 g/mol. The summed E-state index contributed by atoms with van der Waals surface area (Å²) in [5, 5.41) is 1.30. The van der Waals surface area contributed by atoms with Crippen LogP contribution in [0.1, 0.15) is 101 Å². The Bertz CT molecular complexity index is 1470. The molecule has 1 fully saturated rings. The van der Waals surface area contributed by atoms with E-state index in [0.717, 1.165) is 63.4 Å². The van der Waals surface area contributed by atoms with Crippen molar-refractivity contribution < 1.29 is 23.7 Å². The van der Waals surface area contributed by atoms with Gasteiger partial charge in [0, 0.05) is 42.4 Å². The maximum absolute atomic E-state index is 7.12. The van der Waals surface area contributed by atoms with E-state index in [9.17, 15) is 0 Å². The predicted octanol–water partition coefficient (Wildman–Crippen LogP) is 11.0. The van der Waals surface area contributed by atoms with Crippen molar-refractivity contribution in [2.45, 2.75) is 116 Å². The Morgan fingerprint density at radius 2 is 1.27 bits per heavy atom. The summed E-state index contributed by atoms with van der Waals surface area (Å²) < 4.78 is 34.9. The molecule has 4 aromatic rings. The molecule has 0 unspecified atom stereocenters. The van der Waals surface area contributed by atoms with Gasteiger partial charge >= 0.3 is 0 Å². The zero-order valence-corrected chi connectivity index (χ0v) is 31.1. The van der Waals surface area contributed by atoms with E-state index >= 15 is 0 Å². The van der Waals surface area contributed by atoms with Crippen LogP contribution in [0.5, 0.6) is 0 Å². The van der Waals surface area contributed by atoms with Crippen LogP contribution in [0.4, 0.5) is 0 Å². The van der Waals surface area contributed by atoms with E-state index in [-0.39, 0.29) is 30.5 Å². The third-order valence-corrected chi connectivity index (χ3v) is 10.5. The fourth-order valence-corrected chi connectivity index (χ4v) is 7.66. The number of benzene rings is 3. The molecule has 2 heterocycles. The first kappa shape index (κ1) is 37.7. The summed E-state index contributed by atoms with van der Waals surface area (Å²) in [5.74, 6) is 0. The Morgan fingerprint density at radius 3 is 1.96 bits per heavy atom. The highest BCUT2D eigenvalue weighted by Gasteiger charge is 2.48. The quantitative estimate of drug-likeness (QED) is 0.0817. The summed E-state index contributed by atoms with van der Waals surface area (Å²) in [4.78, 5) is 1.35. The number of fused-ring (bicyclic) bond motifs is 1. The second kappa shape index (κ2) is 20.3. The molecule has 0 spiro atoms. The summed E-state index contributed by atoms with van der Waals surface area (Å²) in [6, 6.07) is 28.6. The normalized spacial score (nSPS) is 21.0. The molecule has 0 amide bonds. The van der Waals surface area contributed by atoms with Gasteiger partial charge in [0.05, 0.1) is 6.61 Å². The highest BCUT2D eigenvalue weighted by Crippen LogP contribution is 2.40. The van der Waals surface area contributed by atoms with E-state index in [2.05, 4.69) is 107 Å². The van der Waals surface area contributed by atoms with Crippen molar-refractivity contribution in [2.75, 3.05) is 33.0 Å². The van der Waals surface area contributed by atoms with Crippen LogP contribution in [0.15, 0.2) is 78.9 Å². The highest BCUT2D eigenvalue weighted by molar-refractivity contribution is 7.19. The number of thiophene rings is 1. The summed E-state index contributed by atoms with van der Waals surface area (Å²) in [6.45, 7) is 12.0. The summed E-state index contributed by atoms with van der Waals surface area (Å²) in [5.41, 5.74) is 4.87. The fraction of sp³-hybridized carbons (Fsp3) is 0.535. The highest BCUT2D eigenvalue weighted by atomic mass is 32.1. The number of hydrogen-bond acceptors (Lipinski definition) is 6. The van der Waals surface area contributed by atoms with Crippen molar-refractivity contribution in [1.29, 1.82) is 0 Å². The maximum Gasteiger partial charge on any atom is 0.117 e. The summed E-state index contributed by atoms with van der Waals surface area (Å²) >= 11 is 1.88. The van der Waals surface area contributed by atoms with Crippen molar-refractivity contribution in [3.05, 3.63) is 94.9 Å². The lowest BCUT2D eigenvalue weighted by atomic mass is 9.87. The lowest BCUT2D eigenvalue weighted by molar-refractivity contribution is -0.268. The molecule has 1 aromatic heterocycles. The number of rotatable bonds is 21. The van der Waals surface area contributed by atoms with Crippen molar-refractivity contribution in [2.24, 2.45) is 0 Å². The van der Waals surface area contributed by atoms with Crippen LogP contribution in [0.3, 0.4) is 0 Å². The Morgan fingerprint density at radius 1 is 0.633 bits per heavy atom. The van der Waals surface area contributed by atoms with Gasteiger partial charge < -0.3 is 23.7 Å². The molecule has 0 N–H and O–H groups in total. The molecule has 0 radical (unpaired) electrons. The molecule has 1 saturated heterocycles. The molecule has 5 atom stereocenters. The van der Waals surface area contributed by atoms with Gasteiger partial charge in [-0.2, -0.15) is 0 Å². The van der Waals surface area contributed by atoms with E-state index < -0.39 is 0 Å².